The Bertz CT molecular complexity index is 1050. The van der Waals surface area contributed by atoms with Crippen molar-refractivity contribution >= 4 is 28.6 Å². The van der Waals surface area contributed by atoms with Crippen molar-refractivity contribution in [2.24, 2.45) is 0 Å². The van der Waals surface area contributed by atoms with Gasteiger partial charge in [-0.05, 0) is 30.3 Å². The molecule has 0 atom stereocenters. The van der Waals surface area contributed by atoms with Gasteiger partial charge in [0.2, 0.25) is 0 Å². The van der Waals surface area contributed by atoms with E-state index in [1.807, 2.05) is 29.0 Å². The first-order valence-corrected chi connectivity index (χ1v) is 10.3. The molecule has 0 fully saturated rings. The smallest absolute Gasteiger partial charge is 0.251 e. The van der Waals surface area contributed by atoms with Crippen LogP contribution in [0.25, 0.3) is 11.3 Å². The highest BCUT2D eigenvalue weighted by Crippen LogP contribution is 2.21. The van der Waals surface area contributed by atoms with Crippen molar-refractivity contribution < 1.29 is 9.53 Å². The fourth-order valence-electron chi connectivity index (χ4n) is 2.50. The minimum Gasteiger partial charge on any atom is -0.487 e. The summed E-state index contributed by atoms with van der Waals surface area (Å²) in [6, 6.07) is 10.9. The molecule has 3 aromatic heterocycles. The van der Waals surface area contributed by atoms with E-state index in [-0.39, 0.29) is 5.91 Å². The quantitative estimate of drug-likeness (QED) is 0.497. The van der Waals surface area contributed by atoms with E-state index in [9.17, 15) is 4.79 Å². The predicted octanol–water partition coefficient (Wildman–Crippen LogP) is 4.17. The Morgan fingerprint density at radius 1 is 1.14 bits per heavy atom. The zero-order chi connectivity index (χ0) is 19.2. The molecule has 0 spiro atoms. The molecular formula is C20H16N4O2S2. The van der Waals surface area contributed by atoms with Crippen molar-refractivity contribution in [2.45, 2.75) is 13.2 Å². The third-order valence-corrected chi connectivity index (χ3v) is 5.38. The highest BCUT2D eigenvalue weighted by Gasteiger charge is 2.09. The number of ether oxygens (including phenoxy) is 1. The summed E-state index contributed by atoms with van der Waals surface area (Å²) in [6.45, 7) is 0.754. The lowest BCUT2D eigenvalue weighted by Gasteiger charge is -2.07. The zero-order valence-corrected chi connectivity index (χ0v) is 16.4. The first-order chi connectivity index (χ1) is 13.8. The maximum atomic E-state index is 12.5. The van der Waals surface area contributed by atoms with Crippen molar-refractivity contribution in [2.75, 3.05) is 0 Å². The van der Waals surface area contributed by atoms with Gasteiger partial charge in [-0.1, -0.05) is 6.07 Å². The van der Waals surface area contributed by atoms with Gasteiger partial charge < -0.3 is 10.1 Å². The number of thiazole rings is 2. The van der Waals surface area contributed by atoms with Gasteiger partial charge in [0.05, 0.1) is 23.4 Å². The lowest BCUT2D eigenvalue weighted by Crippen LogP contribution is -2.22. The van der Waals surface area contributed by atoms with Crippen LogP contribution in [0.4, 0.5) is 0 Å². The molecule has 1 N–H and O–H groups in total. The lowest BCUT2D eigenvalue weighted by molar-refractivity contribution is 0.0950. The standard InChI is InChI=1S/C20H16N4O2S2/c25-20(15-2-1-3-17(8-15)26-10-16-11-27-13-23-16)22-9-19-24-18(12-28-19)14-4-6-21-7-5-14/h1-8,11-13H,9-10H2,(H,22,25). The van der Waals surface area contributed by atoms with E-state index in [0.29, 0.717) is 24.5 Å². The number of carbonyl (C=O) groups is 1. The Kier molecular flexibility index (Phi) is 5.69. The highest BCUT2D eigenvalue weighted by atomic mass is 32.1. The van der Waals surface area contributed by atoms with Gasteiger partial charge in [0.25, 0.3) is 5.91 Å². The summed E-state index contributed by atoms with van der Waals surface area (Å²) in [5.41, 5.74) is 5.07. The van der Waals surface area contributed by atoms with Crippen LogP contribution >= 0.6 is 22.7 Å². The average Bonchev–Trinajstić information content (AvgIpc) is 3.43. The molecule has 28 heavy (non-hydrogen) atoms. The van der Waals surface area contributed by atoms with Crippen LogP contribution in [-0.4, -0.2) is 20.9 Å². The molecule has 0 saturated heterocycles. The van der Waals surface area contributed by atoms with Gasteiger partial charge in [-0.2, -0.15) is 0 Å². The van der Waals surface area contributed by atoms with Crippen LogP contribution in [-0.2, 0) is 13.2 Å². The number of benzene rings is 1. The van der Waals surface area contributed by atoms with Crippen LogP contribution in [0.15, 0.2) is 65.1 Å². The monoisotopic (exact) mass is 408 g/mol. The van der Waals surface area contributed by atoms with E-state index < -0.39 is 0 Å². The topological polar surface area (TPSA) is 77.0 Å². The Balaban J connectivity index is 1.35. The molecule has 140 valence electrons. The zero-order valence-electron chi connectivity index (χ0n) is 14.7. The normalized spacial score (nSPS) is 10.6. The summed E-state index contributed by atoms with van der Waals surface area (Å²) >= 11 is 3.04. The molecule has 0 aliphatic heterocycles. The highest BCUT2D eigenvalue weighted by molar-refractivity contribution is 7.10. The summed E-state index contributed by atoms with van der Waals surface area (Å²) in [4.78, 5) is 25.2. The van der Waals surface area contributed by atoms with Crippen molar-refractivity contribution in [1.82, 2.24) is 20.3 Å². The number of nitrogens with zero attached hydrogens (tertiary/aromatic N) is 3. The minimum absolute atomic E-state index is 0.167. The number of hydrogen-bond acceptors (Lipinski definition) is 7. The maximum absolute atomic E-state index is 12.5. The third-order valence-electron chi connectivity index (χ3n) is 3.89. The summed E-state index contributed by atoms with van der Waals surface area (Å²) in [5.74, 6) is 0.467. The fourth-order valence-corrected chi connectivity index (χ4v) is 3.78. The van der Waals surface area contributed by atoms with E-state index in [1.165, 1.54) is 22.7 Å². The lowest BCUT2D eigenvalue weighted by atomic mass is 10.2. The molecule has 0 bridgehead atoms. The Hall–Kier alpha value is -3.10. The number of aromatic nitrogens is 3. The second-order valence-corrected chi connectivity index (χ2v) is 7.50. The van der Waals surface area contributed by atoms with Crippen LogP contribution in [0, 0.1) is 0 Å². The number of carbonyl (C=O) groups excluding carboxylic acids is 1. The fraction of sp³-hybridized carbons (Fsp3) is 0.100. The van der Waals surface area contributed by atoms with Crippen molar-refractivity contribution in [3.8, 4) is 17.0 Å². The van der Waals surface area contributed by atoms with Crippen LogP contribution < -0.4 is 10.1 Å². The van der Waals surface area contributed by atoms with E-state index >= 15 is 0 Å². The Morgan fingerprint density at radius 3 is 2.86 bits per heavy atom. The number of hydrogen-bond donors (Lipinski definition) is 1. The van der Waals surface area contributed by atoms with Gasteiger partial charge in [0, 0.05) is 34.3 Å². The Labute approximate surface area is 169 Å². The van der Waals surface area contributed by atoms with Crippen LogP contribution in [0.1, 0.15) is 21.1 Å². The molecule has 0 saturated carbocycles. The van der Waals surface area contributed by atoms with Crippen LogP contribution in [0.5, 0.6) is 5.75 Å². The van der Waals surface area contributed by atoms with E-state index in [2.05, 4.69) is 20.3 Å². The molecule has 1 aromatic carbocycles. The number of pyridine rings is 1. The third kappa shape index (κ3) is 4.59. The molecule has 4 aromatic rings. The SMILES string of the molecule is O=C(NCc1nc(-c2ccncc2)cs1)c1cccc(OCc2cscn2)c1. The maximum Gasteiger partial charge on any atom is 0.251 e. The van der Waals surface area contributed by atoms with Crippen molar-refractivity contribution in [1.29, 1.82) is 0 Å². The van der Waals surface area contributed by atoms with Crippen molar-refractivity contribution in [3.05, 3.63) is 81.3 Å². The molecule has 3 heterocycles. The second kappa shape index (κ2) is 8.73. The van der Waals surface area contributed by atoms with Gasteiger partial charge in [-0.15, -0.1) is 22.7 Å². The van der Waals surface area contributed by atoms with Crippen LogP contribution in [0.2, 0.25) is 0 Å². The van der Waals surface area contributed by atoms with Gasteiger partial charge in [-0.3, -0.25) is 9.78 Å². The van der Waals surface area contributed by atoms with Gasteiger partial charge in [-0.25, -0.2) is 9.97 Å². The van der Waals surface area contributed by atoms with Gasteiger partial charge in [0.1, 0.15) is 17.4 Å². The largest absolute Gasteiger partial charge is 0.487 e. The molecule has 1 amide bonds. The Morgan fingerprint density at radius 2 is 2.04 bits per heavy atom. The average molecular weight is 409 g/mol. The number of rotatable bonds is 7. The molecule has 0 aliphatic carbocycles. The van der Waals surface area contributed by atoms with Gasteiger partial charge in [0.15, 0.2) is 0 Å². The molecular weight excluding hydrogens is 392 g/mol. The molecule has 8 heteroatoms. The predicted molar refractivity (Wildman–Crippen MR) is 109 cm³/mol. The summed E-state index contributed by atoms with van der Waals surface area (Å²) in [6.07, 6.45) is 3.47. The first kappa shape index (κ1) is 18.3. The summed E-state index contributed by atoms with van der Waals surface area (Å²) in [7, 11) is 0. The molecule has 0 aliphatic rings. The molecule has 6 nitrogen and oxygen atoms in total. The summed E-state index contributed by atoms with van der Waals surface area (Å²) < 4.78 is 5.71. The van der Waals surface area contributed by atoms with E-state index in [1.54, 1.807) is 36.1 Å². The summed E-state index contributed by atoms with van der Waals surface area (Å²) in [5, 5.41) is 7.66. The number of amides is 1. The number of nitrogens with one attached hydrogen (secondary N) is 1. The minimum atomic E-state index is -0.167. The molecule has 0 radical (unpaired) electrons. The van der Waals surface area contributed by atoms with E-state index in [0.717, 1.165) is 22.0 Å². The molecule has 4 rings (SSSR count). The van der Waals surface area contributed by atoms with Crippen LogP contribution in [0.3, 0.4) is 0 Å². The van der Waals surface area contributed by atoms with Crippen molar-refractivity contribution in [3.63, 3.8) is 0 Å². The van der Waals surface area contributed by atoms with Gasteiger partial charge >= 0.3 is 0 Å². The first-order valence-electron chi connectivity index (χ1n) is 8.51. The second-order valence-electron chi connectivity index (χ2n) is 5.84. The molecule has 0 unspecified atom stereocenters. The van der Waals surface area contributed by atoms with E-state index in [4.69, 9.17) is 4.74 Å².